The molecule has 0 spiro atoms. The first-order valence-electron chi connectivity index (χ1n) is 7.38. The van der Waals surface area contributed by atoms with Gasteiger partial charge in [-0.25, -0.2) is 9.59 Å². The van der Waals surface area contributed by atoms with Crippen molar-refractivity contribution in [2.75, 3.05) is 18.0 Å². The van der Waals surface area contributed by atoms with E-state index in [-0.39, 0.29) is 21.2 Å². The van der Waals surface area contributed by atoms with Gasteiger partial charge in [0.25, 0.3) is 0 Å². The molecule has 0 radical (unpaired) electrons. The zero-order chi connectivity index (χ0) is 19.3. The molecule has 0 aliphatic carbocycles. The summed E-state index contributed by atoms with van der Waals surface area (Å²) in [5, 5.41) is 29.3. The highest BCUT2D eigenvalue weighted by Gasteiger charge is 2.30. The summed E-state index contributed by atoms with van der Waals surface area (Å²) in [6.07, 6.45) is 2.45. The van der Waals surface area contributed by atoms with Crippen LogP contribution in [-0.4, -0.2) is 46.5 Å². The summed E-state index contributed by atoms with van der Waals surface area (Å²) < 4.78 is 1.10. The molecular weight excluding hydrogens is 667 g/mol. The molecule has 6 nitrogen and oxygen atoms in total. The molecule has 0 aliphatic rings. The lowest BCUT2D eigenvalue weighted by atomic mass is 10.1. The molecular formula is C16H18I3NO5. The molecule has 0 amide bonds. The second-order valence-electron chi connectivity index (χ2n) is 5.29. The van der Waals surface area contributed by atoms with Gasteiger partial charge in [0, 0.05) is 16.7 Å². The lowest BCUT2D eigenvalue weighted by Gasteiger charge is -2.29. The van der Waals surface area contributed by atoms with Gasteiger partial charge in [-0.1, -0.05) is 19.4 Å². The molecule has 1 aromatic rings. The fraction of sp³-hybridized carbons (Fsp3) is 0.375. The maximum Gasteiger partial charge on any atom is 0.337 e. The summed E-state index contributed by atoms with van der Waals surface area (Å²) in [5.41, 5.74) is 0.438. The van der Waals surface area contributed by atoms with Crippen LogP contribution < -0.4 is 4.90 Å². The fourth-order valence-electron chi connectivity index (χ4n) is 2.40. The molecule has 0 aliphatic heterocycles. The summed E-state index contributed by atoms with van der Waals surface area (Å²) in [5.74, 6) is -2.36. The number of aliphatic hydroxyl groups is 1. The van der Waals surface area contributed by atoms with E-state index in [4.69, 9.17) is 0 Å². The number of benzene rings is 1. The highest BCUT2D eigenvalue weighted by Crippen LogP contribution is 2.38. The van der Waals surface area contributed by atoms with Crippen LogP contribution in [0.1, 0.15) is 40.5 Å². The smallest absolute Gasteiger partial charge is 0.337 e. The fourth-order valence-corrected chi connectivity index (χ4v) is 7.17. The van der Waals surface area contributed by atoms with Crippen molar-refractivity contribution < 1.29 is 24.9 Å². The van der Waals surface area contributed by atoms with Crippen LogP contribution in [0.5, 0.6) is 0 Å². The normalized spacial score (nSPS) is 11.9. The Balaban J connectivity index is 3.66. The monoisotopic (exact) mass is 685 g/mol. The third-order valence-electron chi connectivity index (χ3n) is 3.44. The van der Waals surface area contributed by atoms with E-state index < -0.39 is 18.0 Å². The molecule has 0 bridgehead atoms. The molecule has 1 atom stereocenters. The molecule has 9 heteroatoms. The average molecular weight is 685 g/mol. The number of hydrogen-bond acceptors (Lipinski definition) is 4. The summed E-state index contributed by atoms with van der Waals surface area (Å²) in [6, 6.07) is 0. The molecule has 0 heterocycles. The number of carbonyl (C=O) groups is 2. The zero-order valence-corrected chi connectivity index (χ0v) is 19.9. The van der Waals surface area contributed by atoms with E-state index in [2.05, 4.69) is 6.58 Å². The predicted molar refractivity (Wildman–Crippen MR) is 122 cm³/mol. The topological polar surface area (TPSA) is 98.1 Å². The van der Waals surface area contributed by atoms with Crippen molar-refractivity contribution in [1.82, 2.24) is 0 Å². The van der Waals surface area contributed by atoms with Gasteiger partial charge in [0.2, 0.25) is 0 Å². The lowest BCUT2D eigenvalue weighted by molar-refractivity contribution is 0.0694. The molecule has 1 unspecified atom stereocenters. The maximum absolute atomic E-state index is 11.7. The number of carboxylic acid groups (broad SMARTS) is 2. The second-order valence-corrected chi connectivity index (χ2v) is 8.52. The first kappa shape index (κ1) is 22.9. The Hall–Kier alpha value is -0.150. The Morgan fingerprint density at radius 2 is 1.60 bits per heavy atom. The van der Waals surface area contributed by atoms with Crippen molar-refractivity contribution in [3.05, 3.63) is 34.5 Å². The van der Waals surface area contributed by atoms with E-state index in [9.17, 15) is 24.9 Å². The van der Waals surface area contributed by atoms with Crippen LogP contribution in [0, 0.1) is 10.7 Å². The summed E-state index contributed by atoms with van der Waals surface area (Å²) in [6.45, 7) is 6.31. The van der Waals surface area contributed by atoms with Crippen molar-refractivity contribution in [2.45, 2.75) is 25.9 Å². The Kier molecular flexibility index (Phi) is 9.39. The molecule has 25 heavy (non-hydrogen) atoms. The quantitative estimate of drug-likeness (QED) is 0.269. The number of rotatable bonds is 9. The SMILES string of the molecule is C=CCN(CC(O)CCC)c1c(I)c(C(=O)O)c(I)c(C(=O)O)c1I. The minimum absolute atomic E-state index is 0.0342. The minimum Gasteiger partial charge on any atom is -0.478 e. The largest absolute Gasteiger partial charge is 0.478 e. The van der Waals surface area contributed by atoms with E-state index >= 15 is 0 Å². The third-order valence-corrected chi connectivity index (χ3v) is 6.62. The number of aromatic carboxylic acids is 2. The van der Waals surface area contributed by atoms with Crippen LogP contribution in [-0.2, 0) is 0 Å². The van der Waals surface area contributed by atoms with Gasteiger partial charge in [-0.15, -0.1) is 6.58 Å². The van der Waals surface area contributed by atoms with Gasteiger partial charge in [0.05, 0.1) is 30.1 Å². The molecule has 1 aromatic carbocycles. The van der Waals surface area contributed by atoms with Crippen LogP contribution in [0.4, 0.5) is 5.69 Å². The predicted octanol–water partition coefficient (Wildman–Crippen LogP) is 4.05. The second kappa shape index (κ2) is 10.3. The van der Waals surface area contributed by atoms with Crippen LogP contribution >= 0.6 is 67.8 Å². The van der Waals surface area contributed by atoms with E-state index in [1.54, 1.807) is 33.6 Å². The van der Waals surface area contributed by atoms with Crippen molar-refractivity contribution in [3.63, 3.8) is 0 Å². The highest BCUT2D eigenvalue weighted by molar-refractivity contribution is 14.1. The molecule has 0 fully saturated rings. The summed E-state index contributed by atoms with van der Waals surface area (Å²) >= 11 is 5.62. The molecule has 0 saturated carbocycles. The van der Waals surface area contributed by atoms with E-state index in [0.717, 1.165) is 6.42 Å². The number of carboxylic acids is 2. The number of aliphatic hydroxyl groups excluding tert-OH is 1. The van der Waals surface area contributed by atoms with Gasteiger partial charge < -0.3 is 20.2 Å². The summed E-state index contributed by atoms with van der Waals surface area (Å²) in [4.78, 5) is 25.2. The summed E-state index contributed by atoms with van der Waals surface area (Å²) in [7, 11) is 0. The van der Waals surface area contributed by atoms with Gasteiger partial charge in [-0.2, -0.15) is 0 Å². The standard InChI is InChI=1S/C16H18I3NO5/c1-3-5-8(21)7-20(6-4-2)14-12(18)9(15(22)23)11(17)10(13(14)19)16(24)25/h4,8,21H,2-3,5-7H2,1H3,(H,22,23)(H,24,25). The highest BCUT2D eigenvalue weighted by atomic mass is 127. The number of anilines is 1. The van der Waals surface area contributed by atoms with Crippen molar-refractivity contribution in [3.8, 4) is 0 Å². The average Bonchev–Trinajstić information content (AvgIpc) is 2.46. The van der Waals surface area contributed by atoms with Crippen LogP contribution in [0.2, 0.25) is 0 Å². The molecule has 0 aromatic heterocycles. The Morgan fingerprint density at radius 3 is 1.96 bits per heavy atom. The zero-order valence-electron chi connectivity index (χ0n) is 13.4. The van der Waals surface area contributed by atoms with Gasteiger partial charge >= 0.3 is 11.9 Å². The molecule has 3 N–H and O–H groups in total. The van der Waals surface area contributed by atoms with Crippen LogP contribution in [0.3, 0.4) is 0 Å². The van der Waals surface area contributed by atoms with Gasteiger partial charge in [-0.3, -0.25) is 0 Å². The van der Waals surface area contributed by atoms with E-state index in [1.165, 1.54) is 0 Å². The first-order chi connectivity index (χ1) is 11.7. The van der Waals surface area contributed by atoms with E-state index in [0.29, 0.717) is 25.8 Å². The van der Waals surface area contributed by atoms with Crippen molar-refractivity contribution >= 4 is 85.4 Å². The lowest BCUT2D eigenvalue weighted by Crippen LogP contribution is -2.34. The van der Waals surface area contributed by atoms with Crippen LogP contribution in [0.25, 0.3) is 0 Å². The number of nitrogens with zero attached hydrogens (tertiary/aromatic N) is 1. The van der Waals surface area contributed by atoms with E-state index in [1.807, 2.05) is 52.1 Å². The first-order valence-corrected chi connectivity index (χ1v) is 10.6. The van der Waals surface area contributed by atoms with Gasteiger partial charge in [0.15, 0.2) is 0 Å². The minimum atomic E-state index is -1.18. The van der Waals surface area contributed by atoms with Crippen molar-refractivity contribution in [2.24, 2.45) is 0 Å². The molecule has 1 rings (SSSR count). The van der Waals surface area contributed by atoms with Crippen LogP contribution in [0.15, 0.2) is 12.7 Å². The third kappa shape index (κ3) is 5.42. The number of halogens is 3. The number of hydrogen-bond donors (Lipinski definition) is 3. The van der Waals surface area contributed by atoms with Gasteiger partial charge in [-0.05, 0) is 74.2 Å². The van der Waals surface area contributed by atoms with Gasteiger partial charge in [0.1, 0.15) is 0 Å². The maximum atomic E-state index is 11.7. The Labute approximate surface area is 187 Å². The Morgan fingerprint density at radius 1 is 1.12 bits per heavy atom. The Bertz CT molecular complexity index is 652. The molecule has 138 valence electrons. The molecule has 0 saturated heterocycles. The van der Waals surface area contributed by atoms with Crippen molar-refractivity contribution in [1.29, 1.82) is 0 Å².